The van der Waals surface area contributed by atoms with E-state index in [2.05, 4.69) is 71.7 Å². The van der Waals surface area contributed by atoms with Crippen LogP contribution in [-0.4, -0.2) is 16.8 Å². The minimum Gasteiger partial charge on any atom is -0.495 e. The molecule has 0 heterocycles. The molecule has 0 saturated carbocycles. The zero-order valence-electron chi connectivity index (χ0n) is 13.1. The van der Waals surface area contributed by atoms with Crippen LogP contribution in [-0.2, 0) is 0 Å². The lowest BCUT2D eigenvalue weighted by molar-refractivity contribution is 0.417. The van der Waals surface area contributed by atoms with Crippen LogP contribution in [0.25, 0.3) is 0 Å². The van der Waals surface area contributed by atoms with E-state index in [1.807, 2.05) is 18.2 Å². The molecule has 1 N–H and O–H groups in total. The van der Waals surface area contributed by atoms with E-state index in [4.69, 9.17) is 4.74 Å². The lowest BCUT2D eigenvalue weighted by atomic mass is 10.0. The molecule has 3 aromatic carbocycles. The SMILES string of the molecule is COc1ccccc1N[Si]C(c1ccccc1)c1ccccc1. The average molecular weight is 317 g/mol. The number of methoxy groups -OCH3 is 1. The average Bonchev–Trinajstić information content (AvgIpc) is 2.64. The van der Waals surface area contributed by atoms with Crippen molar-refractivity contribution in [1.29, 1.82) is 0 Å². The van der Waals surface area contributed by atoms with E-state index in [1.54, 1.807) is 7.11 Å². The van der Waals surface area contributed by atoms with Gasteiger partial charge in [0.2, 0.25) is 0 Å². The van der Waals surface area contributed by atoms with Crippen molar-refractivity contribution in [1.82, 2.24) is 0 Å². The van der Waals surface area contributed by atoms with E-state index in [-0.39, 0.29) is 0 Å². The predicted octanol–water partition coefficient (Wildman–Crippen LogP) is 4.52. The fourth-order valence-corrected chi connectivity index (χ4v) is 3.77. The molecule has 0 aliphatic carbocycles. The summed E-state index contributed by atoms with van der Waals surface area (Å²) in [6, 6.07) is 29.3. The molecule has 2 radical (unpaired) electrons. The molecule has 0 aliphatic rings. The van der Waals surface area contributed by atoms with Gasteiger partial charge in [-0.2, -0.15) is 0 Å². The Morgan fingerprint density at radius 1 is 0.739 bits per heavy atom. The number of benzene rings is 3. The van der Waals surface area contributed by atoms with E-state index in [9.17, 15) is 0 Å². The molecule has 0 spiro atoms. The summed E-state index contributed by atoms with van der Waals surface area (Å²) in [5.41, 5.74) is 3.99. The van der Waals surface area contributed by atoms with Crippen molar-refractivity contribution in [3.63, 3.8) is 0 Å². The highest BCUT2D eigenvalue weighted by atomic mass is 28.2. The Labute approximate surface area is 140 Å². The quantitative estimate of drug-likeness (QED) is 0.675. The molecule has 0 bridgehead atoms. The minimum absolute atomic E-state index is 0.322. The summed E-state index contributed by atoms with van der Waals surface area (Å²) in [5.74, 6) is 0.875. The van der Waals surface area contributed by atoms with Crippen molar-refractivity contribution in [3.05, 3.63) is 96.1 Å². The number of nitrogens with one attached hydrogen (secondary N) is 1. The molecule has 114 valence electrons. The maximum atomic E-state index is 5.43. The molecule has 3 heteroatoms. The number of rotatable bonds is 6. The molecule has 0 aromatic heterocycles. The van der Waals surface area contributed by atoms with Gasteiger partial charge in [-0.25, -0.2) is 0 Å². The van der Waals surface area contributed by atoms with E-state index in [0.717, 1.165) is 11.4 Å². The van der Waals surface area contributed by atoms with E-state index in [0.29, 0.717) is 15.2 Å². The molecule has 0 amide bonds. The summed E-state index contributed by atoms with van der Waals surface area (Å²) < 4.78 is 5.43. The van der Waals surface area contributed by atoms with Crippen LogP contribution < -0.4 is 9.72 Å². The molecule has 2 nitrogen and oxygen atoms in total. The molecule has 0 fully saturated rings. The first kappa shape index (κ1) is 15.4. The molecular formula is C20H19NOSi. The van der Waals surface area contributed by atoms with Gasteiger partial charge in [-0.3, -0.25) is 0 Å². The second-order valence-corrected chi connectivity index (χ2v) is 6.34. The first-order valence-electron chi connectivity index (χ1n) is 7.63. The van der Waals surface area contributed by atoms with Crippen LogP contribution in [0.15, 0.2) is 84.9 Å². The molecule has 0 aliphatic heterocycles. The van der Waals surface area contributed by atoms with E-state index >= 15 is 0 Å². The zero-order valence-corrected chi connectivity index (χ0v) is 14.1. The molecule has 0 unspecified atom stereocenters. The summed E-state index contributed by atoms with van der Waals surface area (Å²) >= 11 is 0. The van der Waals surface area contributed by atoms with Gasteiger partial charge in [-0.1, -0.05) is 72.8 Å². The summed E-state index contributed by atoms with van der Waals surface area (Å²) in [5, 5.41) is 0. The van der Waals surface area contributed by atoms with Gasteiger partial charge in [-0.05, 0) is 23.3 Å². The van der Waals surface area contributed by atoms with Crippen LogP contribution in [0.2, 0.25) is 0 Å². The van der Waals surface area contributed by atoms with Gasteiger partial charge in [0.05, 0.1) is 12.8 Å². The lowest BCUT2D eigenvalue weighted by Gasteiger charge is -2.19. The highest BCUT2D eigenvalue weighted by Crippen LogP contribution is 2.27. The highest BCUT2D eigenvalue weighted by molar-refractivity contribution is 6.43. The van der Waals surface area contributed by atoms with Gasteiger partial charge < -0.3 is 9.72 Å². The first-order valence-corrected chi connectivity index (χ1v) is 8.70. The maximum absolute atomic E-state index is 5.43. The van der Waals surface area contributed by atoms with Crippen molar-refractivity contribution in [2.45, 2.75) is 5.54 Å². The first-order chi connectivity index (χ1) is 11.4. The fraction of sp³-hybridized carbons (Fsp3) is 0.100. The second-order valence-electron chi connectivity index (χ2n) is 5.22. The monoisotopic (exact) mass is 317 g/mol. The van der Waals surface area contributed by atoms with Gasteiger partial charge in [0.15, 0.2) is 9.68 Å². The molecule has 3 rings (SSSR count). The summed E-state index contributed by atoms with van der Waals surface area (Å²) in [6.45, 7) is 0. The third-order valence-electron chi connectivity index (χ3n) is 3.72. The van der Waals surface area contributed by atoms with Gasteiger partial charge in [-0.15, -0.1) is 0 Å². The summed E-state index contributed by atoms with van der Waals surface area (Å²) in [4.78, 5) is 3.56. The predicted molar refractivity (Wildman–Crippen MR) is 97.1 cm³/mol. The van der Waals surface area contributed by atoms with Crippen molar-refractivity contribution >= 4 is 15.4 Å². The van der Waals surface area contributed by atoms with E-state index < -0.39 is 0 Å². The van der Waals surface area contributed by atoms with Crippen LogP contribution in [0.1, 0.15) is 16.7 Å². The van der Waals surface area contributed by atoms with Crippen molar-refractivity contribution in [2.24, 2.45) is 0 Å². The Morgan fingerprint density at radius 3 is 1.83 bits per heavy atom. The van der Waals surface area contributed by atoms with Crippen LogP contribution >= 0.6 is 0 Å². The summed E-state index contributed by atoms with van der Waals surface area (Å²) in [6.07, 6.45) is 0. The second kappa shape index (κ2) is 7.65. The Hall–Kier alpha value is -2.52. The van der Waals surface area contributed by atoms with Gasteiger partial charge in [0.25, 0.3) is 0 Å². The van der Waals surface area contributed by atoms with Crippen molar-refractivity contribution in [3.8, 4) is 5.75 Å². The van der Waals surface area contributed by atoms with Crippen molar-refractivity contribution in [2.75, 3.05) is 12.1 Å². The molecule has 0 saturated heterocycles. The largest absolute Gasteiger partial charge is 0.495 e. The molecule has 0 atom stereocenters. The van der Waals surface area contributed by atoms with Crippen LogP contribution in [0.4, 0.5) is 5.69 Å². The normalized spacial score (nSPS) is 10.5. The molecule has 23 heavy (non-hydrogen) atoms. The van der Waals surface area contributed by atoms with Crippen LogP contribution in [0.5, 0.6) is 5.75 Å². The fourth-order valence-electron chi connectivity index (χ4n) is 2.55. The number of anilines is 1. The standard InChI is InChI=1S/C20H19NOSi/c1-22-19-15-9-8-14-18(19)21-23-20(16-10-4-2-5-11-16)17-12-6-3-7-13-17/h2-15,20-21H,1H3. The minimum atomic E-state index is 0.322. The number of hydrogen-bond acceptors (Lipinski definition) is 2. The zero-order chi connectivity index (χ0) is 15.9. The Kier molecular flexibility index (Phi) is 5.12. The number of ether oxygens (including phenoxy) is 1. The van der Waals surface area contributed by atoms with Gasteiger partial charge in [0.1, 0.15) is 5.75 Å². The highest BCUT2D eigenvalue weighted by Gasteiger charge is 2.16. The van der Waals surface area contributed by atoms with Gasteiger partial charge in [0, 0.05) is 5.54 Å². The summed E-state index contributed by atoms with van der Waals surface area (Å²) in [7, 11) is 2.23. The molecular weight excluding hydrogens is 298 g/mol. The number of para-hydroxylation sites is 2. The third kappa shape index (κ3) is 3.82. The third-order valence-corrected chi connectivity index (χ3v) is 5.09. The Balaban J connectivity index is 1.85. The Bertz CT molecular complexity index is 691. The lowest BCUT2D eigenvalue weighted by Crippen LogP contribution is -2.18. The Morgan fingerprint density at radius 2 is 1.26 bits per heavy atom. The van der Waals surface area contributed by atoms with Gasteiger partial charge >= 0.3 is 0 Å². The number of hydrogen-bond donors (Lipinski definition) is 1. The molecule has 3 aromatic rings. The smallest absolute Gasteiger partial charge is 0.191 e. The van der Waals surface area contributed by atoms with E-state index in [1.165, 1.54) is 11.1 Å². The maximum Gasteiger partial charge on any atom is 0.191 e. The van der Waals surface area contributed by atoms with Crippen LogP contribution in [0.3, 0.4) is 0 Å². The van der Waals surface area contributed by atoms with Crippen LogP contribution in [0, 0.1) is 0 Å². The van der Waals surface area contributed by atoms with Crippen molar-refractivity contribution < 1.29 is 4.74 Å². The topological polar surface area (TPSA) is 21.3 Å².